The third-order valence-corrected chi connectivity index (χ3v) is 3.34. The van der Waals surface area contributed by atoms with Gasteiger partial charge in [0.25, 0.3) is 5.69 Å². The maximum absolute atomic E-state index is 10.6. The highest BCUT2D eigenvalue weighted by atomic mass is 35.5. The number of nitrogens with one attached hydrogen (secondary N) is 1. The molecule has 110 valence electrons. The van der Waals surface area contributed by atoms with Gasteiger partial charge in [-0.1, -0.05) is 30.7 Å². The largest absolute Gasteiger partial charge is 0.366 e. The predicted molar refractivity (Wildman–Crippen MR) is 81.6 cm³/mol. The Morgan fingerprint density at radius 2 is 1.95 bits per heavy atom. The molecular weight excluding hydrogens is 292 g/mol. The van der Waals surface area contributed by atoms with E-state index in [2.05, 4.69) is 15.3 Å². The zero-order valence-corrected chi connectivity index (χ0v) is 12.5. The molecule has 7 heteroatoms. The molecule has 0 saturated heterocycles. The first-order valence-corrected chi connectivity index (χ1v) is 6.89. The third kappa shape index (κ3) is 3.66. The first kappa shape index (κ1) is 15.2. The Bertz CT molecular complexity index is 659. The topological polar surface area (TPSA) is 81.0 Å². The second kappa shape index (κ2) is 6.49. The Labute approximate surface area is 127 Å². The van der Waals surface area contributed by atoms with Gasteiger partial charge in [-0.25, -0.2) is 9.97 Å². The van der Waals surface area contributed by atoms with E-state index in [1.54, 1.807) is 19.1 Å². The highest BCUT2D eigenvalue weighted by Crippen LogP contribution is 2.22. The molecule has 1 aromatic carbocycles. The maximum Gasteiger partial charge on any atom is 0.269 e. The van der Waals surface area contributed by atoms with Crippen molar-refractivity contribution in [1.29, 1.82) is 0 Å². The first-order valence-electron chi connectivity index (χ1n) is 6.51. The van der Waals surface area contributed by atoms with Crippen molar-refractivity contribution in [2.24, 2.45) is 0 Å². The number of benzene rings is 1. The quantitative estimate of drug-likeness (QED) is 0.519. The molecule has 0 radical (unpaired) electrons. The molecule has 2 rings (SSSR count). The molecular formula is C14H15ClN4O2. The highest BCUT2D eigenvalue weighted by Gasteiger charge is 2.10. The molecule has 0 bridgehead atoms. The van der Waals surface area contributed by atoms with Crippen LogP contribution in [0, 0.1) is 17.0 Å². The van der Waals surface area contributed by atoms with Gasteiger partial charge in [-0.3, -0.25) is 10.1 Å². The second-order valence-corrected chi connectivity index (χ2v) is 4.88. The van der Waals surface area contributed by atoms with E-state index >= 15 is 0 Å². The van der Waals surface area contributed by atoms with Crippen molar-refractivity contribution in [2.75, 3.05) is 5.32 Å². The van der Waals surface area contributed by atoms with Gasteiger partial charge >= 0.3 is 0 Å². The average molecular weight is 307 g/mol. The molecule has 0 atom stereocenters. The van der Waals surface area contributed by atoms with E-state index in [0.717, 1.165) is 17.5 Å². The van der Waals surface area contributed by atoms with Crippen LogP contribution in [-0.4, -0.2) is 14.9 Å². The van der Waals surface area contributed by atoms with E-state index in [4.69, 9.17) is 11.6 Å². The van der Waals surface area contributed by atoms with Crippen LogP contribution < -0.4 is 5.32 Å². The Hall–Kier alpha value is -2.21. The SMILES string of the molecule is CCc1c(Cl)nc(C)nc1NCc1ccc([N+](=O)[O-])cc1. The number of nitro groups is 1. The van der Waals surface area contributed by atoms with Crippen molar-refractivity contribution in [3.05, 3.63) is 56.5 Å². The van der Waals surface area contributed by atoms with Gasteiger partial charge in [0.1, 0.15) is 16.8 Å². The minimum Gasteiger partial charge on any atom is -0.366 e. The molecule has 0 aliphatic rings. The summed E-state index contributed by atoms with van der Waals surface area (Å²) in [5.74, 6) is 1.30. The molecule has 0 saturated carbocycles. The standard InChI is InChI=1S/C14H15ClN4O2/c1-3-12-13(15)17-9(2)18-14(12)16-8-10-4-6-11(7-5-10)19(20)21/h4-7H,3,8H2,1-2H3,(H,16,17,18). The van der Waals surface area contributed by atoms with Crippen LogP contribution in [0.2, 0.25) is 5.15 Å². The number of aromatic nitrogens is 2. The number of hydrogen-bond donors (Lipinski definition) is 1. The van der Waals surface area contributed by atoms with Gasteiger partial charge in [0.15, 0.2) is 0 Å². The third-order valence-electron chi connectivity index (χ3n) is 3.03. The van der Waals surface area contributed by atoms with Crippen molar-refractivity contribution < 1.29 is 4.92 Å². The number of non-ortho nitro benzene ring substituents is 1. The molecule has 0 unspecified atom stereocenters. The lowest BCUT2D eigenvalue weighted by atomic mass is 10.2. The summed E-state index contributed by atoms with van der Waals surface area (Å²) < 4.78 is 0. The summed E-state index contributed by atoms with van der Waals surface area (Å²) in [5, 5.41) is 14.3. The number of anilines is 1. The summed E-state index contributed by atoms with van der Waals surface area (Å²) in [4.78, 5) is 18.7. The first-order chi connectivity index (χ1) is 10.0. The molecule has 0 spiro atoms. The normalized spacial score (nSPS) is 10.4. The van der Waals surface area contributed by atoms with Crippen LogP contribution in [0.4, 0.5) is 11.5 Å². The summed E-state index contributed by atoms with van der Waals surface area (Å²) in [5.41, 5.74) is 1.87. The van der Waals surface area contributed by atoms with Crippen LogP contribution in [0.5, 0.6) is 0 Å². The highest BCUT2D eigenvalue weighted by molar-refractivity contribution is 6.30. The van der Waals surface area contributed by atoms with E-state index in [1.165, 1.54) is 12.1 Å². The van der Waals surface area contributed by atoms with Crippen molar-refractivity contribution in [2.45, 2.75) is 26.8 Å². The minimum absolute atomic E-state index is 0.0777. The van der Waals surface area contributed by atoms with Crippen LogP contribution in [0.1, 0.15) is 23.9 Å². The van der Waals surface area contributed by atoms with Crippen LogP contribution >= 0.6 is 11.6 Å². The Morgan fingerprint density at radius 1 is 1.29 bits per heavy atom. The summed E-state index contributed by atoms with van der Waals surface area (Å²) in [6.07, 6.45) is 0.724. The van der Waals surface area contributed by atoms with Crippen molar-refractivity contribution in [3.63, 3.8) is 0 Å². The van der Waals surface area contributed by atoms with E-state index in [9.17, 15) is 10.1 Å². The lowest BCUT2D eigenvalue weighted by molar-refractivity contribution is -0.384. The molecule has 0 amide bonds. The molecule has 1 N–H and O–H groups in total. The van der Waals surface area contributed by atoms with Gasteiger partial charge in [0, 0.05) is 24.2 Å². The number of halogens is 1. The molecule has 2 aromatic rings. The van der Waals surface area contributed by atoms with Gasteiger partial charge in [-0.05, 0) is 18.9 Å². The molecule has 1 heterocycles. The monoisotopic (exact) mass is 306 g/mol. The van der Waals surface area contributed by atoms with E-state index in [-0.39, 0.29) is 5.69 Å². The van der Waals surface area contributed by atoms with Crippen LogP contribution in [0.25, 0.3) is 0 Å². The van der Waals surface area contributed by atoms with E-state index in [0.29, 0.717) is 23.3 Å². The number of nitrogens with zero attached hydrogens (tertiary/aromatic N) is 3. The molecule has 0 aliphatic carbocycles. The second-order valence-electron chi connectivity index (χ2n) is 4.52. The number of hydrogen-bond acceptors (Lipinski definition) is 5. The maximum atomic E-state index is 10.6. The summed E-state index contributed by atoms with van der Waals surface area (Å²) >= 11 is 6.11. The van der Waals surface area contributed by atoms with Gasteiger partial charge in [0.05, 0.1) is 4.92 Å². The van der Waals surface area contributed by atoms with Crippen LogP contribution in [0.15, 0.2) is 24.3 Å². The fraction of sp³-hybridized carbons (Fsp3) is 0.286. The van der Waals surface area contributed by atoms with Gasteiger partial charge < -0.3 is 5.32 Å². The smallest absolute Gasteiger partial charge is 0.269 e. The van der Waals surface area contributed by atoms with Crippen LogP contribution in [0.3, 0.4) is 0 Å². The fourth-order valence-corrected chi connectivity index (χ4v) is 2.29. The lowest BCUT2D eigenvalue weighted by Gasteiger charge is -2.11. The van der Waals surface area contributed by atoms with Crippen LogP contribution in [-0.2, 0) is 13.0 Å². The van der Waals surface area contributed by atoms with Gasteiger partial charge in [-0.2, -0.15) is 0 Å². The molecule has 6 nitrogen and oxygen atoms in total. The summed E-state index contributed by atoms with van der Waals surface area (Å²) in [6.45, 7) is 4.27. The van der Waals surface area contributed by atoms with Gasteiger partial charge in [0.2, 0.25) is 0 Å². The number of rotatable bonds is 5. The zero-order valence-electron chi connectivity index (χ0n) is 11.8. The van der Waals surface area contributed by atoms with Crippen molar-refractivity contribution >= 4 is 23.1 Å². The minimum atomic E-state index is -0.417. The average Bonchev–Trinajstić information content (AvgIpc) is 2.45. The fourth-order valence-electron chi connectivity index (χ4n) is 1.94. The molecule has 0 fully saturated rings. The number of nitro benzene ring substituents is 1. The van der Waals surface area contributed by atoms with Crippen molar-refractivity contribution in [1.82, 2.24) is 9.97 Å². The summed E-state index contributed by atoms with van der Waals surface area (Å²) in [7, 11) is 0. The van der Waals surface area contributed by atoms with Crippen molar-refractivity contribution in [3.8, 4) is 0 Å². The Morgan fingerprint density at radius 3 is 2.52 bits per heavy atom. The zero-order chi connectivity index (χ0) is 15.4. The Balaban J connectivity index is 2.14. The van der Waals surface area contributed by atoms with E-state index in [1.807, 2.05) is 6.92 Å². The molecule has 0 aliphatic heterocycles. The predicted octanol–water partition coefficient (Wildman–Crippen LogP) is 3.52. The molecule has 1 aromatic heterocycles. The summed E-state index contributed by atoms with van der Waals surface area (Å²) in [6, 6.07) is 6.39. The van der Waals surface area contributed by atoms with E-state index < -0.39 is 4.92 Å². The van der Waals surface area contributed by atoms with Gasteiger partial charge in [-0.15, -0.1) is 0 Å². The number of aryl methyl sites for hydroxylation is 1. The molecule has 21 heavy (non-hydrogen) atoms. The lowest BCUT2D eigenvalue weighted by Crippen LogP contribution is -2.07. The Kier molecular flexibility index (Phi) is 4.70.